The largest absolute Gasteiger partial charge is 0.478 e. The number of ether oxygens (including phenoxy) is 2. The van der Waals surface area contributed by atoms with Gasteiger partial charge in [-0.1, -0.05) is 12.1 Å². The van der Waals surface area contributed by atoms with E-state index in [1.165, 1.54) is 35.4 Å². The molecule has 5 rings (SSSR count). The van der Waals surface area contributed by atoms with E-state index in [4.69, 9.17) is 14.6 Å². The van der Waals surface area contributed by atoms with Gasteiger partial charge in [0.25, 0.3) is 0 Å². The van der Waals surface area contributed by atoms with Gasteiger partial charge in [0, 0.05) is 29.9 Å². The number of hydrogen-bond acceptors (Lipinski definition) is 6. The van der Waals surface area contributed by atoms with Gasteiger partial charge in [-0.2, -0.15) is 0 Å². The quantitative estimate of drug-likeness (QED) is 0.459. The Hall–Kier alpha value is -3.75. The molecule has 9 nitrogen and oxygen atoms in total. The molecule has 2 aromatic carbocycles. The zero-order valence-corrected chi connectivity index (χ0v) is 22.1. The second-order valence-electron chi connectivity index (χ2n) is 11.5. The molecule has 9 heteroatoms. The third-order valence-electron chi connectivity index (χ3n) is 7.11. The van der Waals surface area contributed by atoms with E-state index in [1.807, 2.05) is 37.8 Å². The van der Waals surface area contributed by atoms with Crippen molar-refractivity contribution in [3.8, 4) is 0 Å². The summed E-state index contributed by atoms with van der Waals surface area (Å²) in [4.78, 5) is 39.7. The standard InChI is InChI=1S/C29H35N3O6/c1-29(2,3)38-28(36)32(16-18-4-5-18)25-14-24(25)19-6-10-21(11-7-19)30-15-23-17-31(27(35)37-23)22-12-8-20(9-13-22)26(33)34/h6-13,18,23-25,30H,4-5,14-17H2,1-3H3,(H,33,34)/t23?,24-,25?/m1/s1. The molecule has 2 saturated carbocycles. The lowest BCUT2D eigenvalue weighted by Gasteiger charge is -2.28. The Balaban J connectivity index is 1.13. The highest BCUT2D eigenvalue weighted by Crippen LogP contribution is 2.47. The van der Waals surface area contributed by atoms with Crippen LogP contribution in [0.3, 0.4) is 0 Å². The SMILES string of the molecule is CC(C)(C)OC(=O)N(CC1CC1)C1C[C@@H]1c1ccc(NCC2CN(c3ccc(C(=O)O)cc3)C(=O)O2)cc1. The summed E-state index contributed by atoms with van der Waals surface area (Å²) in [5, 5.41) is 12.4. The summed E-state index contributed by atoms with van der Waals surface area (Å²) in [5.41, 5.74) is 2.39. The minimum absolute atomic E-state index is 0.168. The normalized spacial score (nSPS) is 22.6. The van der Waals surface area contributed by atoms with Crippen LogP contribution in [-0.4, -0.2) is 65.5 Å². The summed E-state index contributed by atoms with van der Waals surface area (Å²) in [6, 6.07) is 14.6. The van der Waals surface area contributed by atoms with Gasteiger partial charge in [-0.25, -0.2) is 14.4 Å². The van der Waals surface area contributed by atoms with Gasteiger partial charge in [0.05, 0.1) is 18.7 Å². The van der Waals surface area contributed by atoms with Crippen molar-refractivity contribution in [1.29, 1.82) is 0 Å². The lowest BCUT2D eigenvalue weighted by molar-refractivity contribution is 0.0220. The number of carboxylic acids is 1. The van der Waals surface area contributed by atoms with Crippen molar-refractivity contribution >= 4 is 29.5 Å². The first-order valence-electron chi connectivity index (χ1n) is 13.2. The molecular weight excluding hydrogens is 486 g/mol. The summed E-state index contributed by atoms with van der Waals surface area (Å²) in [5.74, 6) is -0.100. The number of aromatic carboxylic acids is 1. The number of benzene rings is 2. The Morgan fingerprint density at radius 1 is 1.11 bits per heavy atom. The van der Waals surface area contributed by atoms with Crippen molar-refractivity contribution in [2.24, 2.45) is 5.92 Å². The van der Waals surface area contributed by atoms with Gasteiger partial charge in [0.1, 0.15) is 11.7 Å². The molecule has 38 heavy (non-hydrogen) atoms. The molecule has 2 unspecified atom stereocenters. The van der Waals surface area contributed by atoms with Crippen LogP contribution in [0, 0.1) is 5.92 Å². The van der Waals surface area contributed by atoms with E-state index >= 15 is 0 Å². The Morgan fingerprint density at radius 2 is 1.79 bits per heavy atom. The summed E-state index contributed by atoms with van der Waals surface area (Å²) >= 11 is 0. The fourth-order valence-corrected chi connectivity index (χ4v) is 4.83. The van der Waals surface area contributed by atoms with Crippen molar-refractivity contribution in [2.45, 2.75) is 63.7 Å². The first-order valence-corrected chi connectivity index (χ1v) is 13.2. The summed E-state index contributed by atoms with van der Waals surface area (Å²) < 4.78 is 11.2. The first-order chi connectivity index (χ1) is 18.1. The zero-order valence-electron chi connectivity index (χ0n) is 22.1. The maximum atomic E-state index is 12.9. The molecule has 2 amide bonds. The molecular formula is C29H35N3O6. The fourth-order valence-electron chi connectivity index (χ4n) is 4.83. The van der Waals surface area contributed by atoms with Crippen molar-refractivity contribution in [2.75, 3.05) is 29.9 Å². The van der Waals surface area contributed by atoms with E-state index in [2.05, 4.69) is 17.4 Å². The molecule has 2 aromatic rings. The molecule has 2 N–H and O–H groups in total. The van der Waals surface area contributed by atoms with Crippen LogP contribution in [-0.2, 0) is 9.47 Å². The van der Waals surface area contributed by atoms with E-state index in [-0.39, 0.29) is 23.8 Å². The molecule has 1 saturated heterocycles. The smallest absolute Gasteiger partial charge is 0.414 e. The number of nitrogens with zero attached hydrogens (tertiary/aromatic N) is 2. The monoisotopic (exact) mass is 521 g/mol. The zero-order chi connectivity index (χ0) is 27.0. The van der Waals surface area contributed by atoms with Crippen LogP contribution >= 0.6 is 0 Å². The summed E-state index contributed by atoms with van der Waals surface area (Å²) in [6.45, 7) is 7.31. The number of rotatable bonds is 9. The molecule has 0 radical (unpaired) electrons. The number of amides is 2. The molecule has 3 aliphatic rings. The van der Waals surface area contributed by atoms with Crippen LogP contribution in [0.1, 0.15) is 61.9 Å². The molecule has 2 aliphatic carbocycles. The van der Waals surface area contributed by atoms with Crippen LogP contribution in [0.25, 0.3) is 0 Å². The molecule has 0 spiro atoms. The maximum absolute atomic E-state index is 12.9. The molecule has 202 valence electrons. The van der Waals surface area contributed by atoms with Gasteiger partial charge in [0.15, 0.2) is 0 Å². The second kappa shape index (κ2) is 10.2. The van der Waals surface area contributed by atoms with Gasteiger partial charge >= 0.3 is 18.2 Å². The van der Waals surface area contributed by atoms with Crippen molar-refractivity contribution in [1.82, 2.24) is 4.90 Å². The predicted molar refractivity (Wildman–Crippen MR) is 143 cm³/mol. The Kier molecular flexibility index (Phi) is 6.94. The third kappa shape index (κ3) is 6.20. The molecule has 1 heterocycles. The van der Waals surface area contributed by atoms with Crippen molar-refractivity contribution in [3.05, 3.63) is 59.7 Å². The topological polar surface area (TPSA) is 108 Å². The van der Waals surface area contributed by atoms with E-state index in [9.17, 15) is 14.4 Å². The number of cyclic esters (lactones) is 1. The molecule has 0 bridgehead atoms. The summed E-state index contributed by atoms with van der Waals surface area (Å²) in [7, 11) is 0. The highest BCUT2D eigenvalue weighted by atomic mass is 16.6. The van der Waals surface area contributed by atoms with Crippen LogP contribution in [0.2, 0.25) is 0 Å². The summed E-state index contributed by atoms with van der Waals surface area (Å²) in [6.07, 6.45) is 2.31. The van der Waals surface area contributed by atoms with Crippen LogP contribution in [0.4, 0.5) is 21.0 Å². The van der Waals surface area contributed by atoms with Gasteiger partial charge in [-0.3, -0.25) is 4.90 Å². The lowest BCUT2D eigenvalue weighted by Crippen LogP contribution is -2.40. The van der Waals surface area contributed by atoms with E-state index in [0.717, 1.165) is 18.7 Å². The first kappa shape index (κ1) is 25.9. The van der Waals surface area contributed by atoms with Crippen LogP contribution in [0.15, 0.2) is 48.5 Å². The highest BCUT2D eigenvalue weighted by Gasteiger charge is 2.47. The number of carbonyl (C=O) groups excluding carboxylic acids is 2. The minimum Gasteiger partial charge on any atom is -0.478 e. The number of nitrogens with one attached hydrogen (secondary N) is 1. The third-order valence-corrected chi connectivity index (χ3v) is 7.11. The Labute approximate surface area is 222 Å². The second-order valence-corrected chi connectivity index (χ2v) is 11.5. The van der Waals surface area contributed by atoms with Gasteiger partial charge in [0.2, 0.25) is 0 Å². The Bertz CT molecular complexity index is 1190. The average molecular weight is 522 g/mol. The van der Waals surface area contributed by atoms with E-state index in [0.29, 0.717) is 30.6 Å². The number of carboxylic acid groups (broad SMARTS) is 1. The van der Waals surface area contributed by atoms with Crippen LogP contribution in [0.5, 0.6) is 0 Å². The van der Waals surface area contributed by atoms with Crippen molar-refractivity contribution in [3.63, 3.8) is 0 Å². The van der Waals surface area contributed by atoms with E-state index in [1.54, 1.807) is 12.1 Å². The molecule has 1 aliphatic heterocycles. The fraction of sp³-hybridized carbons (Fsp3) is 0.483. The predicted octanol–water partition coefficient (Wildman–Crippen LogP) is 5.33. The Morgan fingerprint density at radius 3 is 2.39 bits per heavy atom. The number of anilines is 2. The molecule has 3 fully saturated rings. The molecule has 0 aromatic heterocycles. The van der Waals surface area contributed by atoms with E-state index < -0.39 is 17.7 Å². The lowest BCUT2D eigenvalue weighted by atomic mass is 10.1. The van der Waals surface area contributed by atoms with Gasteiger partial charge in [-0.05, 0) is 87.9 Å². The molecule has 3 atom stereocenters. The van der Waals surface area contributed by atoms with Gasteiger partial charge < -0.3 is 24.8 Å². The number of carbonyl (C=O) groups is 3. The average Bonchev–Trinajstić information content (AvgIpc) is 3.79. The van der Waals surface area contributed by atoms with Gasteiger partial charge in [-0.15, -0.1) is 0 Å². The number of hydrogen-bond donors (Lipinski definition) is 2. The minimum atomic E-state index is -1.01. The highest BCUT2D eigenvalue weighted by molar-refractivity contribution is 5.92. The van der Waals surface area contributed by atoms with Crippen LogP contribution < -0.4 is 10.2 Å². The maximum Gasteiger partial charge on any atom is 0.414 e. The van der Waals surface area contributed by atoms with Crippen molar-refractivity contribution < 1.29 is 29.0 Å².